The number of carbonyl (C=O) groups excluding carboxylic acids is 1. The molecule has 1 saturated heterocycles. The largest absolute Gasteiger partial charge is 0.442 e. The van der Waals surface area contributed by atoms with E-state index in [-0.39, 0.29) is 6.09 Å². The molecule has 0 aromatic carbocycles. The molecule has 2 aromatic heterocycles. The molecule has 0 aliphatic carbocycles. The summed E-state index contributed by atoms with van der Waals surface area (Å²) in [6, 6.07) is 1.99. The van der Waals surface area contributed by atoms with E-state index in [0.717, 1.165) is 29.0 Å². The molecule has 112 valence electrons. The summed E-state index contributed by atoms with van der Waals surface area (Å²) in [4.78, 5) is 21.9. The van der Waals surface area contributed by atoms with Crippen molar-refractivity contribution in [1.29, 1.82) is 0 Å². The highest BCUT2D eigenvalue weighted by atomic mass is 32.1. The van der Waals surface area contributed by atoms with Crippen molar-refractivity contribution >= 4 is 33.5 Å². The quantitative estimate of drug-likeness (QED) is 0.810. The summed E-state index contributed by atoms with van der Waals surface area (Å²) >= 11 is 1.57. The Morgan fingerprint density at radius 2 is 2.14 bits per heavy atom. The van der Waals surface area contributed by atoms with E-state index in [1.807, 2.05) is 37.2 Å². The van der Waals surface area contributed by atoms with Crippen molar-refractivity contribution in [3.63, 3.8) is 0 Å². The normalized spacial score (nSPS) is 15.8. The van der Waals surface area contributed by atoms with Crippen molar-refractivity contribution in [2.45, 2.75) is 32.8 Å². The maximum absolute atomic E-state index is 12.3. The zero-order chi connectivity index (χ0) is 15.0. The number of hydrazine groups is 1. The highest BCUT2D eigenvalue weighted by Gasteiger charge is 2.32. The molecule has 0 spiro atoms. The number of thiophene rings is 1. The first-order chi connectivity index (χ1) is 9.96. The van der Waals surface area contributed by atoms with E-state index in [1.165, 1.54) is 0 Å². The second kappa shape index (κ2) is 5.14. The van der Waals surface area contributed by atoms with E-state index < -0.39 is 5.60 Å². The molecule has 0 bridgehead atoms. The summed E-state index contributed by atoms with van der Waals surface area (Å²) in [6.45, 7) is 7.00. The Hall–Kier alpha value is -1.89. The van der Waals surface area contributed by atoms with Gasteiger partial charge in [-0.3, -0.25) is 5.01 Å². The van der Waals surface area contributed by atoms with E-state index in [0.29, 0.717) is 6.54 Å². The maximum atomic E-state index is 12.3. The Labute approximate surface area is 127 Å². The predicted octanol–water partition coefficient (Wildman–Crippen LogP) is 3.05. The predicted molar refractivity (Wildman–Crippen MR) is 82.3 cm³/mol. The van der Waals surface area contributed by atoms with Crippen molar-refractivity contribution in [2.75, 3.05) is 18.1 Å². The zero-order valence-corrected chi connectivity index (χ0v) is 13.2. The van der Waals surface area contributed by atoms with Crippen LogP contribution in [0.25, 0.3) is 10.2 Å². The molecule has 0 radical (unpaired) electrons. The van der Waals surface area contributed by atoms with Crippen molar-refractivity contribution in [3.8, 4) is 0 Å². The first-order valence-corrected chi connectivity index (χ1v) is 7.80. The second-order valence-corrected chi connectivity index (χ2v) is 6.81. The van der Waals surface area contributed by atoms with Gasteiger partial charge in [0.1, 0.15) is 16.8 Å². The van der Waals surface area contributed by atoms with Gasteiger partial charge in [0.15, 0.2) is 5.82 Å². The van der Waals surface area contributed by atoms with Crippen LogP contribution in [0.4, 0.5) is 10.6 Å². The van der Waals surface area contributed by atoms with Gasteiger partial charge in [-0.1, -0.05) is 0 Å². The Morgan fingerprint density at radius 1 is 1.33 bits per heavy atom. The summed E-state index contributed by atoms with van der Waals surface area (Å²) in [5.74, 6) is 0.768. The van der Waals surface area contributed by atoms with Gasteiger partial charge < -0.3 is 4.74 Å². The van der Waals surface area contributed by atoms with Crippen LogP contribution >= 0.6 is 11.3 Å². The van der Waals surface area contributed by atoms with Gasteiger partial charge in [0, 0.05) is 13.1 Å². The van der Waals surface area contributed by atoms with Crippen LogP contribution in [0.1, 0.15) is 27.2 Å². The van der Waals surface area contributed by atoms with Crippen LogP contribution in [0, 0.1) is 0 Å². The minimum Gasteiger partial charge on any atom is -0.442 e. The lowest BCUT2D eigenvalue weighted by Crippen LogP contribution is -2.44. The molecule has 1 aliphatic heterocycles. The molecule has 1 aliphatic rings. The number of fused-ring (bicyclic) bond motifs is 1. The summed E-state index contributed by atoms with van der Waals surface area (Å²) in [5.41, 5.74) is -0.505. The molecule has 0 atom stereocenters. The molecule has 2 aromatic rings. The van der Waals surface area contributed by atoms with Gasteiger partial charge in [-0.25, -0.2) is 19.8 Å². The fourth-order valence-electron chi connectivity index (χ4n) is 2.32. The third kappa shape index (κ3) is 2.78. The lowest BCUT2D eigenvalue weighted by Gasteiger charge is -2.31. The summed E-state index contributed by atoms with van der Waals surface area (Å²) in [6.07, 6.45) is 2.11. The molecule has 3 heterocycles. The number of carbonyl (C=O) groups is 1. The van der Waals surface area contributed by atoms with Gasteiger partial charge >= 0.3 is 6.09 Å². The molecule has 0 N–H and O–H groups in total. The van der Waals surface area contributed by atoms with Crippen molar-refractivity contribution in [3.05, 3.63) is 17.8 Å². The molecule has 3 rings (SSSR count). The fraction of sp³-hybridized carbons (Fsp3) is 0.500. The number of rotatable bonds is 1. The number of ether oxygens (including phenoxy) is 1. The van der Waals surface area contributed by atoms with Gasteiger partial charge in [-0.2, -0.15) is 0 Å². The second-order valence-electron chi connectivity index (χ2n) is 5.92. The van der Waals surface area contributed by atoms with Crippen LogP contribution in [0.5, 0.6) is 0 Å². The Bertz CT molecular complexity index is 664. The first-order valence-electron chi connectivity index (χ1n) is 6.92. The van der Waals surface area contributed by atoms with Crippen molar-refractivity contribution in [1.82, 2.24) is 15.0 Å². The molecule has 1 amide bonds. The van der Waals surface area contributed by atoms with E-state index >= 15 is 0 Å². The number of nitrogens with zero attached hydrogens (tertiary/aromatic N) is 4. The van der Waals surface area contributed by atoms with Crippen LogP contribution in [-0.4, -0.2) is 39.8 Å². The third-order valence-corrected chi connectivity index (χ3v) is 3.94. The third-order valence-electron chi connectivity index (χ3n) is 3.12. The smallest absolute Gasteiger partial charge is 0.429 e. The van der Waals surface area contributed by atoms with Crippen LogP contribution in [-0.2, 0) is 4.74 Å². The standard InChI is InChI=1S/C14H18N4O2S/c1-14(2,3)20-13(19)18-7-4-6-17(18)11-10-5-8-21-12(10)16-9-15-11/h5,8-9H,4,6-7H2,1-3H3. The topological polar surface area (TPSA) is 58.6 Å². The summed E-state index contributed by atoms with van der Waals surface area (Å²) in [7, 11) is 0. The van der Waals surface area contributed by atoms with Crippen molar-refractivity contribution < 1.29 is 9.53 Å². The average Bonchev–Trinajstić information content (AvgIpc) is 3.05. The van der Waals surface area contributed by atoms with E-state index in [1.54, 1.807) is 22.7 Å². The van der Waals surface area contributed by atoms with Crippen molar-refractivity contribution in [2.24, 2.45) is 0 Å². The number of hydrogen-bond acceptors (Lipinski definition) is 6. The Morgan fingerprint density at radius 3 is 2.90 bits per heavy atom. The molecule has 0 saturated carbocycles. The van der Waals surface area contributed by atoms with Gasteiger partial charge in [-0.05, 0) is 38.6 Å². The zero-order valence-electron chi connectivity index (χ0n) is 12.4. The molecule has 6 nitrogen and oxygen atoms in total. The lowest BCUT2D eigenvalue weighted by atomic mass is 10.2. The van der Waals surface area contributed by atoms with E-state index in [2.05, 4.69) is 9.97 Å². The SMILES string of the molecule is CC(C)(C)OC(=O)N1CCCN1c1ncnc2sccc12. The minimum absolute atomic E-state index is 0.331. The maximum Gasteiger partial charge on any atom is 0.429 e. The van der Waals surface area contributed by atoms with Gasteiger partial charge in [0.2, 0.25) is 0 Å². The average molecular weight is 306 g/mol. The summed E-state index contributed by atoms with van der Waals surface area (Å²) in [5, 5.41) is 6.48. The lowest BCUT2D eigenvalue weighted by molar-refractivity contribution is 0.0273. The van der Waals surface area contributed by atoms with Crippen LogP contribution in [0.2, 0.25) is 0 Å². The number of aromatic nitrogens is 2. The minimum atomic E-state index is -0.505. The molecule has 1 fully saturated rings. The van der Waals surface area contributed by atoms with E-state index in [4.69, 9.17) is 4.74 Å². The first kappa shape index (κ1) is 14.1. The number of hydrogen-bond donors (Lipinski definition) is 0. The van der Waals surface area contributed by atoms with Gasteiger partial charge in [-0.15, -0.1) is 11.3 Å². The molecule has 7 heteroatoms. The van der Waals surface area contributed by atoms with E-state index in [9.17, 15) is 4.79 Å². The fourth-order valence-corrected chi connectivity index (χ4v) is 3.05. The number of anilines is 1. The van der Waals surface area contributed by atoms with Crippen LogP contribution < -0.4 is 5.01 Å². The Kier molecular flexibility index (Phi) is 3.44. The molecular formula is C14H18N4O2S. The molecule has 21 heavy (non-hydrogen) atoms. The molecular weight excluding hydrogens is 288 g/mol. The summed E-state index contributed by atoms with van der Waals surface area (Å²) < 4.78 is 5.47. The monoisotopic (exact) mass is 306 g/mol. The molecule has 0 unspecified atom stereocenters. The highest BCUT2D eigenvalue weighted by Crippen LogP contribution is 2.30. The highest BCUT2D eigenvalue weighted by molar-refractivity contribution is 7.16. The van der Waals surface area contributed by atoms with Crippen LogP contribution in [0.15, 0.2) is 17.8 Å². The van der Waals surface area contributed by atoms with Gasteiger partial charge in [0.25, 0.3) is 0 Å². The van der Waals surface area contributed by atoms with Crippen LogP contribution in [0.3, 0.4) is 0 Å². The van der Waals surface area contributed by atoms with Gasteiger partial charge in [0.05, 0.1) is 5.39 Å². The Balaban J connectivity index is 1.90. The number of amides is 1.